The van der Waals surface area contributed by atoms with Crippen molar-refractivity contribution < 1.29 is 28.2 Å². The molecule has 33 heavy (non-hydrogen) atoms. The lowest BCUT2D eigenvalue weighted by molar-refractivity contribution is -0.152. The van der Waals surface area contributed by atoms with Crippen LogP contribution in [0, 0.1) is 5.82 Å². The summed E-state index contributed by atoms with van der Waals surface area (Å²) in [5.41, 5.74) is 1.92. The third-order valence-corrected chi connectivity index (χ3v) is 5.06. The van der Waals surface area contributed by atoms with Crippen LogP contribution >= 0.6 is 23.2 Å². The summed E-state index contributed by atoms with van der Waals surface area (Å²) in [6.07, 6.45) is 0.487. The summed E-state index contributed by atoms with van der Waals surface area (Å²) in [6.45, 7) is 1.67. The minimum atomic E-state index is -1.02. The molecule has 0 atom stereocenters. The van der Waals surface area contributed by atoms with Crippen molar-refractivity contribution in [2.45, 2.75) is 13.3 Å². The van der Waals surface area contributed by atoms with E-state index in [0.29, 0.717) is 17.9 Å². The number of amides is 1. The Kier molecular flexibility index (Phi) is 8.14. The van der Waals surface area contributed by atoms with Crippen LogP contribution in [0.5, 0.6) is 17.2 Å². The summed E-state index contributed by atoms with van der Waals surface area (Å²) in [5.74, 6) is -1.02. The molecule has 0 heterocycles. The van der Waals surface area contributed by atoms with Crippen LogP contribution < -0.4 is 14.8 Å². The molecular formula is C24H20Cl2FNO5. The first-order valence-electron chi connectivity index (χ1n) is 9.87. The van der Waals surface area contributed by atoms with Crippen molar-refractivity contribution in [2.75, 3.05) is 19.0 Å². The molecule has 0 aromatic heterocycles. The molecule has 0 unspecified atom stereocenters. The van der Waals surface area contributed by atoms with E-state index >= 15 is 0 Å². The summed E-state index contributed by atoms with van der Waals surface area (Å²) in [7, 11) is 1.56. The number of esters is 1. The van der Waals surface area contributed by atoms with Gasteiger partial charge in [0, 0.05) is 17.7 Å². The number of carbonyl (C=O) groups excluding carboxylic acids is 2. The van der Waals surface area contributed by atoms with Crippen LogP contribution in [0.4, 0.5) is 10.1 Å². The molecule has 0 aliphatic carbocycles. The van der Waals surface area contributed by atoms with Gasteiger partial charge < -0.3 is 19.5 Å². The van der Waals surface area contributed by atoms with E-state index in [1.165, 1.54) is 24.3 Å². The topological polar surface area (TPSA) is 73.9 Å². The molecule has 0 saturated carbocycles. The number of methoxy groups -OCH3 is 1. The molecule has 0 saturated heterocycles. The van der Waals surface area contributed by atoms with Crippen molar-refractivity contribution in [3.8, 4) is 17.2 Å². The van der Waals surface area contributed by atoms with Gasteiger partial charge in [0.15, 0.2) is 5.75 Å². The van der Waals surface area contributed by atoms with E-state index in [1.54, 1.807) is 44.4 Å². The number of rotatable bonds is 7. The number of nitrogens with one attached hydrogen (secondary N) is 1. The first-order valence-corrected chi connectivity index (χ1v) is 10.6. The van der Waals surface area contributed by atoms with Crippen LogP contribution in [-0.2, 0) is 20.7 Å². The van der Waals surface area contributed by atoms with Gasteiger partial charge in [0.2, 0.25) is 0 Å². The van der Waals surface area contributed by atoms with Gasteiger partial charge >= 0.3 is 11.9 Å². The fraction of sp³-hybridized carbons (Fsp3) is 0.167. The molecule has 0 aliphatic heterocycles. The van der Waals surface area contributed by atoms with E-state index in [4.69, 9.17) is 32.7 Å². The highest BCUT2D eigenvalue weighted by Crippen LogP contribution is 2.40. The second-order valence-corrected chi connectivity index (χ2v) is 7.64. The Morgan fingerprint density at radius 3 is 2.27 bits per heavy atom. The summed E-state index contributed by atoms with van der Waals surface area (Å²) in [6, 6.07) is 14.2. The van der Waals surface area contributed by atoms with Gasteiger partial charge in [0.1, 0.15) is 17.3 Å². The van der Waals surface area contributed by atoms with Gasteiger partial charge in [-0.1, -0.05) is 35.3 Å². The van der Waals surface area contributed by atoms with Crippen molar-refractivity contribution in [2.24, 2.45) is 0 Å². The maximum Gasteiger partial charge on any atom is 0.397 e. The Hall–Kier alpha value is -3.29. The predicted molar refractivity (Wildman–Crippen MR) is 124 cm³/mol. The van der Waals surface area contributed by atoms with E-state index in [2.05, 4.69) is 10.1 Å². The second-order valence-electron chi connectivity index (χ2n) is 6.82. The minimum absolute atomic E-state index is 0.0750. The molecule has 0 spiro atoms. The maximum absolute atomic E-state index is 13.2. The monoisotopic (exact) mass is 491 g/mol. The Morgan fingerprint density at radius 2 is 1.67 bits per heavy atom. The molecular weight excluding hydrogens is 472 g/mol. The first-order chi connectivity index (χ1) is 15.8. The quantitative estimate of drug-likeness (QED) is 0.322. The smallest absolute Gasteiger partial charge is 0.397 e. The normalized spacial score (nSPS) is 10.5. The molecule has 1 amide bonds. The average molecular weight is 492 g/mol. The lowest BCUT2D eigenvalue weighted by Gasteiger charge is -2.14. The summed E-state index contributed by atoms with van der Waals surface area (Å²) in [4.78, 5) is 23.3. The van der Waals surface area contributed by atoms with Gasteiger partial charge in [-0.15, -0.1) is 0 Å². The SMILES string of the molecule is CCOC(=O)C(=O)Nc1cc(Cl)c(Oc2ccc(OC)c(Cc3ccc(F)cc3)c2)c(Cl)c1. The molecule has 172 valence electrons. The third kappa shape index (κ3) is 6.37. The molecule has 0 aliphatic rings. The van der Waals surface area contributed by atoms with E-state index in [9.17, 15) is 14.0 Å². The highest BCUT2D eigenvalue weighted by Gasteiger charge is 2.18. The Labute approximate surface area is 200 Å². The first kappa shape index (κ1) is 24.4. The third-order valence-electron chi connectivity index (χ3n) is 4.50. The van der Waals surface area contributed by atoms with Crippen LogP contribution in [0.2, 0.25) is 10.0 Å². The summed E-state index contributed by atoms with van der Waals surface area (Å²) >= 11 is 12.6. The molecule has 1 N–H and O–H groups in total. The largest absolute Gasteiger partial charge is 0.496 e. The van der Waals surface area contributed by atoms with Crippen molar-refractivity contribution in [3.05, 3.63) is 81.6 Å². The molecule has 0 radical (unpaired) electrons. The van der Waals surface area contributed by atoms with Crippen LogP contribution in [0.1, 0.15) is 18.1 Å². The lowest BCUT2D eigenvalue weighted by Crippen LogP contribution is -2.24. The zero-order valence-corrected chi connectivity index (χ0v) is 19.3. The van der Waals surface area contributed by atoms with Crippen molar-refractivity contribution in [1.29, 1.82) is 0 Å². The number of ether oxygens (including phenoxy) is 3. The van der Waals surface area contributed by atoms with Crippen molar-refractivity contribution in [3.63, 3.8) is 0 Å². The zero-order chi connectivity index (χ0) is 24.0. The number of hydrogen-bond acceptors (Lipinski definition) is 5. The van der Waals surface area contributed by atoms with Crippen LogP contribution in [0.25, 0.3) is 0 Å². The fourth-order valence-electron chi connectivity index (χ4n) is 3.00. The van der Waals surface area contributed by atoms with Gasteiger partial charge in [-0.05, 0) is 55.0 Å². The van der Waals surface area contributed by atoms with Crippen LogP contribution in [0.15, 0.2) is 54.6 Å². The highest BCUT2D eigenvalue weighted by atomic mass is 35.5. The number of benzene rings is 3. The summed E-state index contributed by atoms with van der Waals surface area (Å²) < 4.78 is 29.2. The second kappa shape index (κ2) is 11.0. The zero-order valence-electron chi connectivity index (χ0n) is 17.8. The standard InChI is InChI=1S/C24H20Cl2FNO5/c1-3-32-24(30)23(29)28-17-12-19(25)22(20(26)13-17)33-18-8-9-21(31-2)15(11-18)10-14-4-6-16(27)7-5-14/h4-9,11-13H,3,10H2,1-2H3,(H,28,29). The average Bonchev–Trinajstić information content (AvgIpc) is 2.78. The Morgan fingerprint density at radius 1 is 1.00 bits per heavy atom. The molecule has 3 rings (SSSR count). The van der Waals surface area contributed by atoms with Crippen molar-refractivity contribution >= 4 is 40.8 Å². The number of halogens is 3. The molecule has 3 aromatic carbocycles. The number of carbonyl (C=O) groups is 2. The van der Waals surface area contributed by atoms with Crippen molar-refractivity contribution in [1.82, 2.24) is 0 Å². The van der Waals surface area contributed by atoms with E-state index < -0.39 is 11.9 Å². The van der Waals surface area contributed by atoms with Gasteiger partial charge in [0.25, 0.3) is 0 Å². The Bertz CT molecular complexity index is 1150. The minimum Gasteiger partial charge on any atom is -0.496 e. The maximum atomic E-state index is 13.2. The Balaban J connectivity index is 1.81. The molecule has 9 heteroatoms. The lowest BCUT2D eigenvalue weighted by atomic mass is 10.0. The molecule has 6 nitrogen and oxygen atoms in total. The summed E-state index contributed by atoms with van der Waals surface area (Å²) in [5, 5.41) is 2.62. The van der Waals surface area contributed by atoms with Gasteiger partial charge in [-0.3, -0.25) is 4.79 Å². The molecule has 0 fully saturated rings. The van der Waals surface area contributed by atoms with Crippen LogP contribution in [0.3, 0.4) is 0 Å². The highest BCUT2D eigenvalue weighted by molar-refractivity contribution is 6.39. The van der Waals surface area contributed by atoms with Crippen LogP contribution in [-0.4, -0.2) is 25.6 Å². The van der Waals surface area contributed by atoms with Gasteiger partial charge in [-0.25, -0.2) is 9.18 Å². The van der Waals surface area contributed by atoms with E-state index in [-0.39, 0.29) is 33.9 Å². The fourth-order valence-corrected chi connectivity index (χ4v) is 3.57. The predicted octanol–water partition coefficient (Wildman–Crippen LogP) is 6.03. The number of anilines is 1. The van der Waals surface area contributed by atoms with E-state index in [0.717, 1.165) is 11.1 Å². The molecule has 3 aromatic rings. The molecule has 0 bridgehead atoms. The van der Waals surface area contributed by atoms with Gasteiger partial charge in [-0.2, -0.15) is 0 Å². The van der Waals surface area contributed by atoms with E-state index in [1.807, 2.05) is 0 Å². The number of hydrogen-bond donors (Lipinski definition) is 1. The van der Waals surface area contributed by atoms with Gasteiger partial charge in [0.05, 0.1) is 23.8 Å².